The monoisotopic (exact) mass is 320 g/mol. The maximum atomic E-state index is 12.1. The van der Waals surface area contributed by atoms with E-state index in [1.54, 1.807) is 16.8 Å². The Morgan fingerprint density at radius 3 is 2.30 bits per heavy atom. The predicted octanol–water partition coefficient (Wildman–Crippen LogP) is 3.36. The van der Waals surface area contributed by atoms with Gasteiger partial charge in [0.1, 0.15) is 5.75 Å². The molecule has 0 aliphatic rings. The van der Waals surface area contributed by atoms with Gasteiger partial charge in [-0.05, 0) is 38.1 Å². The molecule has 0 aliphatic heterocycles. The van der Waals surface area contributed by atoms with E-state index >= 15 is 0 Å². The van der Waals surface area contributed by atoms with Crippen LogP contribution in [0.1, 0.15) is 11.4 Å². The highest BCUT2D eigenvalue weighted by Crippen LogP contribution is 2.29. The molecule has 0 spiro atoms. The Labute approximate surface area is 130 Å². The molecule has 3 aromatic rings. The van der Waals surface area contributed by atoms with Crippen LogP contribution in [-0.2, 0) is 7.05 Å². The molecule has 0 N–H and O–H groups in total. The van der Waals surface area contributed by atoms with Crippen molar-refractivity contribution in [1.82, 2.24) is 20.0 Å². The van der Waals surface area contributed by atoms with E-state index in [4.69, 9.17) is 4.42 Å². The molecule has 0 amide bonds. The fourth-order valence-electron chi connectivity index (χ4n) is 2.30. The Bertz CT molecular complexity index is 825. The molecule has 0 aliphatic carbocycles. The van der Waals surface area contributed by atoms with Crippen molar-refractivity contribution in [1.29, 1.82) is 0 Å². The Balaban J connectivity index is 1.90. The number of hydrogen-bond acceptors (Lipinski definition) is 5. The zero-order valence-corrected chi connectivity index (χ0v) is 12.7. The van der Waals surface area contributed by atoms with Gasteiger partial charge in [-0.3, -0.25) is 4.68 Å². The number of hydrogen-bond donors (Lipinski definition) is 0. The van der Waals surface area contributed by atoms with E-state index < -0.39 is 6.61 Å². The van der Waals surface area contributed by atoms with Crippen molar-refractivity contribution < 1.29 is 17.9 Å². The van der Waals surface area contributed by atoms with E-state index in [9.17, 15) is 8.78 Å². The summed E-state index contributed by atoms with van der Waals surface area (Å²) in [6, 6.07) is 6.01. The van der Waals surface area contributed by atoms with Crippen molar-refractivity contribution in [3.05, 3.63) is 35.7 Å². The molecule has 8 heteroatoms. The Kier molecular flexibility index (Phi) is 3.81. The summed E-state index contributed by atoms with van der Waals surface area (Å²) in [5.41, 5.74) is 3.12. The third-order valence-electron chi connectivity index (χ3n) is 3.47. The minimum absolute atomic E-state index is 0.0717. The molecule has 0 fully saturated rings. The number of nitrogens with zero attached hydrogens (tertiary/aromatic N) is 4. The summed E-state index contributed by atoms with van der Waals surface area (Å²) in [7, 11) is 1.84. The standard InChI is InChI=1S/C15H14F2N4O2/c1-8-12(9(2)21(3)20-8)14-19-18-13(23-14)10-4-6-11(7-5-10)22-15(16)17/h4-7,15H,1-3H3. The van der Waals surface area contributed by atoms with Crippen LogP contribution in [0.3, 0.4) is 0 Å². The Morgan fingerprint density at radius 1 is 1.09 bits per heavy atom. The van der Waals surface area contributed by atoms with Crippen molar-refractivity contribution in [2.24, 2.45) is 7.05 Å². The number of aromatic nitrogens is 4. The van der Waals surface area contributed by atoms with Gasteiger partial charge in [0.15, 0.2) is 0 Å². The zero-order valence-electron chi connectivity index (χ0n) is 12.7. The van der Waals surface area contributed by atoms with Gasteiger partial charge in [0.05, 0.1) is 11.3 Å². The molecule has 0 atom stereocenters. The minimum atomic E-state index is -2.85. The molecule has 6 nitrogen and oxygen atoms in total. The first kappa shape index (κ1) is 15.1. The van der Waals surface area contributed by atoms with Gasteiger partial charge in [-0.25, -0.2) is 0 Å². The average Bonchev–Trinajstić information content (AvgIpc) is 3.05. The number of rotatable bonds is 4. The summed E-state index contributed by atoms with van der Waals surface area (Å²) in [5.74, 6) is 0.740. The molecular formula is C15H14F2N4O2. The number of aryl methyl sites for hydroxylation is 2. The Hall–Kier alpha value is -2.77. The van der Waals surface area contributed by atoms with Crippen LogP contribution in [-0.4, -0.2) is 26.6 Å². The number of ether oxygens (including phenoxy) is 1. The van der Waals surface area contributed by atoms with Crippen molar-refractivity contribution in [3.63, 3.8) is 0 Å². The van der Waals surface area contributed by atoms with E-state index in [0.717, 1.165) is 17.0 Å². The zero-order chi connectivity index (χ0) is 16.6. The second-order valence-corrected chi connectivity index (χ2v) is 4.98. The van der Waals surface area contributed by atoms with Crippen LogP contribution in [0.15, 0.2) is 28.7 Å². The molecule has 120 valence electrons. The summed E-state index contributed by atoms with van der Waals surface area (Å²) in [4.78, 5) is 0. The average molecular weight is 320 g/mol. The highest BCUT2D eigenvalue weighted by atomic mass is 19.3. The first-order chi connectivity index (χ1) is 11.0. The molecule has 1 aromatic carbocycles. The highest BCUT2D eigenvalue weighted by molar-refractivity contribution is 5.62. The number of halogens is 2. The molecule has 23 heavy (non-hydrogen) atoms. The lowest BCUT2D eigenvalue weighted by molar-refractivity contribution is -0.0498. The lowest BCUT2D eigenvalue weighted by Gasteiger charge is -2.03. The van der Waals surface area contributed by atoms with E-state index in [1.807, 2.05) is 20.9 Å². The molecule has 0 radical (unpaired) electrons. The van der Waals surface area contributed by atoms with Crippen LogP contribution in [0, 0.1) is 13.8 Å². The first-order valence-corrected chi connectivity index (χ1v) is 6.85. The molecule has 0 saturated heterocycles. The second-order valence-electron chi connectivity index (χ2n) is 4.98. The topological polar surface area (TPSA) is 66.0 Å². The van der Waals surface area contributed by atoms with Crippen molar-refractivity contribution in [2.75, 3.05) is 0 Å². The lowest BCUT2D eigenvalue weighted by Crippen LogP contribution is -2.01. The van der Waals surface area contributed by atoms with Crippen LogP contribution in [0.2, 0.25) is 0 Å². The van der Waals surface area contributed by atoms with E-state index in [1.165, 1.54) is 12.1 Å². The normalized spacial score (nSPS) is 11.2. The SMILES string of the molecule is Cc1nn(C)c(C)c1-c1nnc(-c2ccc(OC(F)F)cc2)o1. The summed E-state index contributed by atoms with van der Waals surface area (Å²) in [6.07, 6.45) is 0. The second kappa shape index (κ2) is 5.79. The van der Waals surface area contributed by atoms with Gasteiger partial charge in [-0.15, -0.1) is 10.2 Å². The van der Waals surface area contributed by atoms with Gasteiger partial charge in [0.25, 0.3) is 5.89 Å². The summed E-state index contributed by atoms with van der Waals surface area (Å²) in [6.45, 7) is 0.922. The quantitative estimate of drug-likeness (QED) is 0.737. The third kappa shape index (κ3) is 2.92. The fraction of sp³-hybridized carbons (Fsp3) is 0.267. The summed E-state index contributed by atoms with van der Waals surface area (Å²) in [5, 5.41) is 12.4. The lowest BCUT2D eigenvalue weighted by atomic mass is 10.2. The van der Waals surface area contributed by atoms with Gasteiger partial charge in [-0.1, -0.05) is 0 Å². The van der Waals surface area contributed by atoms with Gasteiger partial charge >= 0.3 is 6.61 Å². The third-order valence-corrected chi connectivity index (χ3v) is 3.47. The molecule has 2 aromatic heterocycles. The number of benzene rings is 1. The van der Waals surface area contributed by atoms with Gasteiger partial charge in [-0.2, -0.15) is 13.9 Å². The van der Waals surface area contributed by atoms with Crippen LogP contribution in [0.5, 0.6) is 5.75 Å². The summed E-state index contributed by atoms with van der Waals surface area (Å²) >= 11 is 0. The van der Waals surface area contributed by atoms with Crippen molar-refractivity contribution >= 4 is 0 Å². The smallest absolute Gasteiger partial charge is 0.387 e. The van der Waals surface area contributed by atoms with Crippen LogP contribution in [0.4, 0.5) is 8.78 Å². The molecule has 0 bridgehead atoms. The van der Waals surface area contributed by atoms with Gasteiger partial charge < -0.3 is 9.15 Å². The van der Waals surface area contributed by atoms with Crippen LogP contribution in [0.25, 0.3) is 22.9 Å². The van der Waals surface area contributed by atoms with Crippen molar-refractivity contribution in [3.8, 4) is 28.7 Å². The fourth-order valence-corrected chi connectivity index (χ4v) is 2.30. The molecule has 0 saturated carbocycles. The highest BCUT2D eigenvalue weighted by Gasteiger charge is 2.18. The van der Waals surface area contributed by atoms with Crippen LogP contribution < -0.4 is 4.74 Å². The molecule has 3 rings (SSSR count). The van der Waals surface area contributed by atoms with E-state index in [2.05, 4.69) is 20.0 Å². The largest absolute Gasteiger partial charge is 0.435 e. The minimum Gasteiger partial charge on any atom is -0.435 e. The van der Waals surface area contributed by atoms with Gasteiger partial charge in [0.2, 0.25) is 5.89 Å². The van der Waals surface area contributed by atoms with Crippen LogP contribution >= 0.6 is 0 Å². The van der Waals surface area contributed by atoms with Gasteiger partial charge in [0, 0.05) is 18.3 Å². The van der Waals surface area contributed by atoms with E-state index in [-0.39, 0.29) is 5.75 Å². The molecule has 0 unspecified atom stereocenters. The molecule has 2 heterocycles. The number of alkyl halides is 2. The van der Waals surface area contributed by atoms with E-state index in [0.29, 0.717) is 17.3 Å². The maximum absolute atomic E-state index is 12.1. The Morgan fingerprint density at radius 2 is 1.74 bits per heavy atom. The predicted molar refractivity (Wildman–Crippen MR) is 78.0 cm³/mol. The summed E-state index contributed by atoms with van der Waals surface area (Å²) < 4.78 is 36.0. The molecular weight excluding hydrogens is 306 g/mol. The first-order valence-electron chi connectivity index (χ1n) is 6.85. The maximum Gasteiger partial charge on any atom is 0.387 e. The van der Waals surface area contributed by atoms with Crippen molar-refractivity contribution in [2.45, 2.75) is 20.5 Å².